The molecule has 0 saturated carbocycles. The Hall–Kier alpha value is -3.76. The number of nitrogens with one attached hydrogen (secondary N) is 3. The zero-order chi connectivity index (χ0) is 24.5. The summed E-state index contributed by atoms with van der Waals surface area (Å²) in [6, 6.07) is 9.33. The van der Waals surface area contributed by atoms with Crippen molar-refractivity contribution in [3.05, 3.63) is 54.5 Å². The molecule has 1 fully saturated rings. The number of alkyl carbamates (subject to hydrolysis) is 1. The molecule has 1 aromatic carbocycles. The highest BCUT2D eigenvalue weighted by molar-refractivity contribution is 6.00. The number of urea groups is 1. The van der Waals surface area contributed by atoms with Crippen LogP contribution in [0.2, 0.25) is 0 Å². The fourth-order valence-corrected chi connectivity index (χ4v) is 3.93. The van der Waals surface area contributed by atoms with Crippen molar-refractivity contribution in [2.45, 2.75) is 13.5 Å². The fraction of sp³-hybridized carbons (Fsp3) is 0.360. The monoisotopic (exact) mass is 478 g/mol. The number of anilines is 1. The lowest BCUT2D eigenvalue weighted by molar-refractivity contribution is 0.0281. The molecule has 0 bridgehead atoms. The summed E-state index contributed by atoms with van der Waals surface area (Å²) in [6.45, 7) is 6.79. The first kappa shape index (κ1) is 24.4. The maximum atomic E-state index is 12.3. The minimum absolute atomic E-state index is 0.286. The molecule has 1 aliphatic rings. The third-order valence-electron chi connectivity index (χ3n) is 5.73. The van der Waals surface area contributed by atoms with Crippen molar-refractivity contribution in [2.75, 3.05) is 51.3 Å². The van der Waals surface area contributed by atoms with Crippen molar-refractivity contribution in [3.8, 4) is 11.1 Å². The van der Waals surface area contributed by atoms with Crippen molar-refractivity contribution in [3.63, 3.8) is 0 Å². The second-order valence-corrected chi connectivity index (χ2v) is 8.05. The fourth-order valence-electron chi connectivity index (χ4n) is 3.93. The van der Waals surface area contributed by atoms with Gasteiger partial charge in [-0.1, -0.05) is 12.1 Å². The molecule has 184 valence electrons. The van der Waals surface area contributed by atoms with Gasteiger partial charge >= 0.3 is 12.1 Å². The van der Waals surface area contributed by atoms with Gasteiger partial charge in [0, 0.05) is 56.7 Å². The van der Waals surface area contributed by atoms with E-state index in [2.05, 4.69) is 30.8 Å². The van der Waals surface area contributed by atoms with E-state index < -0.39 is 6.09 Å². The number of carbonyl (C=O) groups is 2. The van der Waals surface area contributed by atoms with Crippen molar-refractivity contribution in [1.29, 1.82) is 0 Å². The highest BCUT2D eigenvalue weighted by atomic mass is 16.5. The van der Waals surface area contributed by atoms with Crippen LogP contribution in [0.4, 0.5) is 15.4 Å². The van der Waals surface area contributed by atoms with Gasteiger partial charge in [0.2, 0.25) is 0 Å². The van der Waals surface area contributed by atoms with Crippen LogP contribution in [0, 0.1) is 0 Å². The smallest absolute Gasteiger partial charge is 0.407 e. The van der Waals surface area contributed by atoms with Crippen LogP contribution in [0.1, 0.15) is 12.5 Å². The topological polar surface area (TPSA) is 118 Å². The number of fused-ring (bicyclic) bond motifs is 1. The number of nitrogens with zero attached hydrogens (tertiary/aromatic N) is 3. The van der Waals surface area contributed by atoms with Gasteiger partial charge < -0.3 is 20.1 Å². The Morgan fingerprint density at radius 3 is 2.66 bits per heavy atom. The van der Waals surface area contributed by atoms with E-state index in [-0.39, 0.29) is 12.6 Å². The van der Waals surface area contributed by atoms with Gasteiger partial charge in [-0.25, -0.2) is 14.6 Å². The Morgan fingerprint density at radius 2 is 1.89 bits per heavy atom. The van der Waals surface area contributed by atoms with Gasteiger partial charge in [-0.3, -0.25) is 15.2 Å². The Morgan fingerprint density at radius 1 is 1.09 bits per heavy atom. The Bertz CT molecular complexity index is 1150. The number of rotatable bonds is 8. The highest BCUT2D eigenvalue weighted by Gasteiger charge is 2.13. The first-order valence-electron chi connectivity index (χ1n) is 11.7. The lowest BCUT2D eigenvalue weighted by atomic mass is 9.96. The zero-order valence-electron chi connectivity index (χ0n) is 19.8. The van der Waals surface area contributed by atoms with Gasteiger partial charge in [0.15, 0.2) is 0 Å². The standard InChI is InChI=1S/C25H30N6O4/c1-2-27-24(32)30-23-15-21-20(18-5-7-26-8-6-18)4-3-19(22(21)17-28-23)16-29-25(33)35-14-11-31-9-12-34-13-10-31/h3-8,15,17H,2,9-14,16H2,1H3,(H,29,33)(H2,27,28,30,32). The summed E-state index contributed by atoms with van der Waals surface area (Å²) in [5, 5.41) is 10.1. The quantitative estimate of drug-likeness (QED) is 0.456. The lowest BCUT2D eigenvalue weighted by Gasteiger charge is -2.26. The molecule has 0 atom stereocenters. The molecule has 35 heavy (non-hydrogen) atoms. The van der Waals surface area contributed by atoms with E-state index in [1.54, 1.807) is 18.6 Å². The number of aromatic nitrogens is 2. The molecule has 0 unspecified atom stereocenters. The molecule has 1 saturated heterocycles. The zero-order valence-corrected chi connectivity index (χ0v) is 19.8. The lowest BCUT2D eigenvalue weighted by Crippen LogP contribution is -2.39. The number of hydrogen-bond donors (Lipinski definition) is 3. The molecule has 0 aliphatic carbocycles. The number of benzene rings is 1. The summed E-state index contributed by atoms with van der Waals surface area (Å²) in [7, 11) is 0. The Labute approximate surface area is 204 Å². The number of amides is 3. The van der Waals surface area contributed by atoms with Gasteiger partial charge in [-0.05, 0) is 47.2 Å². The van der Waals surface area contributed by atoms with Gasteiger partial charge in [0.05, 0.1) is 13.2 Å². The summed E-state index contributed by atoms with van der Waals surface area (Å²) in [5.74, 6) is 0.436. The van der Waals surface area contributed by atoms with Crippen LogP contribution < -0.4 is 16.0 Å². The maximum absolute atomic E-state index is 12.3. The van der Waals surface area contributed by atoms with Gasteiger partial charge in [-0.2, -0.15) is 0 Å². The first-order valence-corrected chi connectivity index (χ1v) is 11.7. The molecule has 10 nitrogen and oxygen atoms in total. The molecule has 0 spiro atoms. The van der Waals surface area contributed by atoms with Crippen LogP contribution >= 0.6 is 0 Å². The predicted octanol–water partition coefficient (Wildman–Crippen LogP) is 3.00. The van der Waals surface area contributed by atoms with E-state index in [1.165, 1.54) is 0 Å². The van der Waals surface area contributed by atoms with Gasteiger partial charge in [-0.15, -0.1) is 0 Å². The van der Waals surface area contributed by atoms with Crippen molar-refractivity contribution < 1.29 is 19.1 Å². The van der Waals surface area contributed by atoms with Crippen LogP contribution in [0.15, 0.2) is 48.9 Å². The van der Waals surface area contributed by atoms with Crippen molar-refractivity contribution >= 4 is 28.7 Å². The second-order valence-electron chi connectivity index (χ2n) is 8.05. The van der Waals surface area contributed by atoms with Gasteiger partial charge in [0.1, 0.15) is 12.4 Å². The molecule has 1 aliphatic heterocycles. The van der Waals surface area contributed by atoms with E-state index in [0.29, 0.717) is 38.7 Å². The summed E-state index contributed by atoms with van der Waals surface area (Å²) >= 11 is 0. The van der Waals surface area contributed by atoms with Crippen LogP contribution in [0.3, 0.4) is 0 Å². The summed E-state index contributed by atoms with van der Waals surface area (Å²) in [6.07, 6.45) is 4.71. The molecular weight excluding hydrogens is 448 g/mol. The number of carbonyl (C=O) groups excluding carboxylic acids is 2. The second kappa shape index (κ2) is 12.1. The molecule has 3 N–H and O–H groups in total. The van der Waals surface area contributed by atoms with Gasteiger partial charge in [0.25, 0.3) is 0 Å². The van der Waals surface area contributed by atoms with E-state index in [0.717, 1.165) is 40.6 Å². The predicted molar refractivity (Wildman–Crippen MR) is 133 cm³/mol. The van der Waals surface area contributed by atoms with E-state index in [1.807, 2.05) is 37.3 Å². The average Bonchev–Trinajstić information content (AvgIpc) is 2.88. The normalized spacial score (nSPS) is 13.9. The highest BCUT2D eigenvalue weighted by Crippen LogP contribution is 2.31. The summed E-state index contributed by atoms with van der Waals surface area (Å²) in [5.41, 5.74) is 2.85. The number of hydrogen-bond acceptors (Lipinski definition) is 7. The number of morpholine rings is 1. The molecule has 10 heteroatoms. The Kier molecular flexibility index (Phi) is 8.42. The van der Waals surface area contributed by atoms with E-state index >= 15 is 0 Å². The van der Waals surface area contributed by atoms with E-state index in [4.69, 9.17) is 9.47 Å². The van der Waals surface area contributed by atoms with Crippen molar-refractivity contribution in [2.24, 2.45) is 0 Å². The third-order valence-corrected chi connectivity index (χ3v) is 5.73. The molecule has 3 aromatic rings. The molecular formula is C25H30N6O4. The molecule has 0 radical (unpaired) electrons. The average molecular weight is 479 g/mol. The maximum Gasteiger partial charge on any atom is 0.407 e. The van der Waals surface area contributed by atoms with Crippen LogP contribution in [0.25, 0.3) is 21.9 Å². The minimum Gasteiger partial charge on any atom is -0.448 e. The van der Waals surface area contributed by atoms with Crippen LogP contribution in [-0.4, -0.2) is 73.0 Å². The molecule has 3 amide bonds. The van der Waals surface area contributed by atoms with E-state index in [9.17, 15) is 9.59 Å². The molecule has 3 heterocycles. The summed E-state index contributed by atoms with van der Waals surface area (Å²) < 4.78 is 10.7. The molecule has 4 rings (SSSR count). The third kappa shape index (κ3) is 6.65. The first-order chi connectivity index (χ1) is 17.1. The SMILES string of the molecule is CCNC(=O)Nc1cc2c(-c3ccncc3)ccc(CNC(=O)OCCN3CCOCC3)c2cn1. The van der Waals surface area contributed by atoms with Crippen LogP contribution in [-0.2, 0) is 16.0 Å². The number of ether oxygens (including phenoxy) is 2. The summed E-state index contributed by atoms with van der Waals surface area (Å²) in [4.78, 5) is 35.0. The largest absolute Gasteiger partial charge is 0.448 e. The molecule has 2 aromatic heterocycles. The van der Waals surface area contributed by atoms with Crippen LogP contribution in [0.5, 0.6) is 0 Å². The van der Waals surface area contributed by atoms with Crippen molar-refractivity contribution in [1.82, 2.24) is 25.5 Å². The number of pyridine rings is 2. The Balaban J connectivity index is 1.48. The minimum atomic E-state index is -0.466.